The van der Waals surface area contributed by atoms with Crippen LogP contribution in [0.4, 0.5) is 15.8 Å². The number of hydrogen-bond donors (Lipinski definition) is 2. The largest absolute Gasteiger partial charge is 0.322 e. The van der Waals surface area contributed by atoms with Crippen LogP contribution in [0.5, 0.6) is 0 Å². The van der Waals surface area contributed by atoms with Crippen LogP contribution in [0, 0.1) is 5.82 Å². The summed E-state index contributed by atoms with van der Waals surface area (Å²) in [5.41, 5.74) is 0.0429. The summed E-state index contributed by atoms with van der Waals surface area (Å²) in [7, 11) is -5.23. The van der Waals surface area contributed by atoms with Crippen molar-refractivity contribution in [1.82, 2.24) is 4.72 Å². The molecular formula is C21H20FN3O5S2. The molecule has 168 valence electrons. The van der Waals surface area contributed by atoms with Crippen molar-refractivity contribution in [3.05, 3.63) is 84.2 Å². The van der Waals surface area contributed by atoms with Crippen molar-refractivity contribution >= 4 is 37.3 Å². The molecule has 0 saturated carbocycles. The van der Waals surface area contributed by atoms with Crippen molar-refractivity contribution in [2.75, 3.05) is 23.7 Å². The molecule has 0 spiro atoms. The summed E-state index contributed by atoms with van der Waals surface area (Å²) in [6.07, 6.45) is 0. The Morgan fingerprint density at radius 2 is 1.56 bits per heavy atom. The van der Waals surface area contributed by atoms with Crippen molar-refractivity contribution in [1.29, 1.82) is 0 Å². The number of sulfonamides is 2. The average molecular weight is 478 g/mol. The van der Waals surface area contributed by atoms with Crippen LogP contribution in [0.25, 0.3) is 0 Å². The van der Waals surface area contributed by atoms with Crippen LogP contribution in [-0.2, 0) is 20.0 Å². The second-order valence-corrected chi connectivity index (χ2v) is 10.5. The number of nitrogens with one attached hydrogen (secondary N) is 2. The molecule has 0 bridgehead atoms. The number of anilines is 2. The third-order valence-electron chi connectivity index (χ3n) is 4.63. The molecule has 11 heteroatoms. The zero-order chi connectivity index (χ0) is 23.5. The van der Waals surface area contributed by atoms with Gasteiger partial charge in [0.2, 0.25) is 10.0 Å². The number of hydrogen-bond acceptors (Lipinski definition) is 5. The minimum atomic E-state index is -3.93. The van der Waals surface area contributed by atoms with E-state index < -0.39 is 37.3 Å². The van der Waals surface area contributed by atoms with Gasteiger partial charge in [0.05, 0.1) is 21.0 Å². The third-order valence-corrected chi connectivity index (χ3v) is 7.83. The van der Waals surface area contributed by atoms with E-state index in [1.54, 1.807) is 30.3 Å². The van der Waals surface area contributed by atoms with Crippen LogP contribution in [-0.4, -0.2) is 36.8 Å². The lowest BCUT2D eigenvalue weighted by Crippen LogP contribution is -2.26. The topological polar surface area (TPSA) is 113 Å². The highest BCUT2D eigenvalue weighted by Gasteiger charge is 2.23. The minimum absolute atomic E-state index is 0.0892. The van der Waals surface area contributed by atoms with Gasteiger partial charge < -0.3 is 5.32 Å². The number of benzene rings is 3. The summed E-state index contributed by atoms with van der Waals surface area (Å²) in [5.74, 6) is -1.85. The molecule has 0 aromatic heterocycles. The summed E-state index contributed by atoms with van der Waals surface area (Å²) in [5, 5.41) is 2.41. The zero-order valence-corrected chi connectivity index (χ0v) is 18.7. The van der Waals surface area contributed by atoms with Crippen LogP contribution in [0.2, 0.25) is 0 Å². The van der Waals surface area contributed by atoms with Crippen LogP contribution >= 0.6 is 0 Å². The van der Waals surface area contributed by atoms with E-state index in [2.05, 4.69) is 10.0 Å². The molecule has 3 rings (SSSR count). The predicted octanol–water partition coefficient (Wildman–Crippen LogP) is 2.81. The lowest BCUT2D eigenvalue weighted by atomic mass is 10.2. The van der Waals surface area contributed by atoms with Crippen molar-refractivity contribution in [3.8, 4) is 0 Å². The molecule has 8 nitrogen and oxygen atoms in total. The Kier molecular flexibility index (Phi) is 6.63. The molecule has 32 heavy (non-hydrogen) atoms. The second-order valence-electron chi connectivity index (χ2n) is 6.64. The lowest BCUT2D eigenvalue weighted by molar-refractivity contribution is 0.102. The number of carbonyl (C=O) groups is 1. The van der Waals surface area contributed by atoms with E-state index in [0.29, 0.717) is 5.69 Å². The second kappa shape index (κ2) is 9.07. The van der Waals surface area contributed by atoms with Gasteiger partial charge in [-0.25, -0.2) is 25.9 Å². The van der Waals surface area contributed by atoms with E-state index in [1.165, 1.54) is 38.4 Å². The molecule has 0 aliphatic heterocycles. The number of carbonyl (C=O) groups excluding carboxylic acids is 1. The van der Waals surface area contributed by atoms with Gasteiger partial charge in [-0.05, 0) is 55.6 Å². The first-order valence-corrected chi connectivity index (χ1v) is 12.2. The SMILES string of the molecule is CNS(=O)(=O)c1ccc(F)c(C(=O)Nc2cccc(S(=O)(=O)N(C)c3ccccc3)c2)c1. The molecule has 0 heterocycles. The highest BCUT2D eigenvalue weighted by molar-refractivity contribution is 7.92. The van der Waals surface area contributed by atoms with Crippen molar-refractivity contribution in [2.45, 2.75) is 9.79 Å². The maximum Gasteiger partial charge on any atom is 0.264 e. The van der Waals surface area contributed by atoms with E-state index in [-0.39, 0.29) is 15.5 Å². The number of rotatable bonds is 7. The Morgan fingerprint density at radius 1 is 0.875 bits per heavy atom. The molecule has 3 aromatic rings. The molecule has 2 N–H and O–H groups in total. The van der Waals surface area contributed by atoms with Gasteiger partial charge in [0, 0.05) is 12.7 Å². The maximum absolute atomic E-state index is 14.2. The van der Waals surface area contributed by atoms with Gasteiger partial charge in [-0.15, -0.1) is 0 Å². The predicted molar refractivity (Wildman–Crippen MR) is 119 cm³/mol. The van der Waals surface area contributed by atoms with E-state index in [9.17, 15) is 26.0 Å². The first-order chi connectivity index (χ1) is 15.1. The van der Waals surface area contributed by atoms with Crippen LogP contribution < -0.4 is 14.3 Å². The highest BCUT2D eigenvalue weighted by atomic mass is 32.2. The first kappa shape index (κ1) is 23.4. The first-order valence-electron chi connectivity index (χ1n) is 9.25. The number of halogens is 1. The Balaban J connectivity index is 1.90. The van der Waals surface area contributed by atoms with Crippen LogP contribution in [0.1, 0.15) is 10.4 Å². The summed E-state index contributed by atoms with van der Waals surface area (Å²) < 4.78 is 67.2. The van der Waals surface area contributed by atoms with Gasteiger partial charge in [-0.3, -0.25) is 9.10 Å². The minimum Gasteiger partial charge on any atom is -0.322 e. The third kappa shape index (κ3) is 4.79. The lowest BCUT2D eigenvalue weighted by Gasteiger charge is -2.20. The van der Waals surface area contributed by atoms with Crippen LogP contribution in [0.15, 0.2) is 82.6 Å². The van der Waals surface area contributed by atoms with Crippen molar-refractivity contribution in [3.63, 3.8) is 0 Å². The number of amides is 1. The Labute approximate surface area is 185 Å². The van der Waals surface area contributed by atoms with Gasteiger partial charge in [-0.1, -0.05) is 24.3 Å². The average Bonchev–Trinajstić information content (AvgIpc) is 2.79. The Morgan fingerprint density at radius 3 is 2.22 bits per heavy atom. The summed E-state index contributed by atoms with van der Waals surface area (Å²) in [6, 6.07) is 16.7. The fourth-order valence-corrected chi connectivity index (χ4v) is 4.83. The molecule has 0 aliphatic rings. The standard InChI is InChI=1S/C21H20FN3O5S2/c1-23-31(27,28)17-11-12-20(22)19(14-17)21(26)24-15-7-6-10-18(13-15)32(29,30)25(2)16-8-4-3-5-9-16/h3-14,23H,1-2H3,(H,24,26). The van der Waals surface area contributed by atoms with Crippen molar-refractivity contribution in [2.24, 2.45) is 0 Å². The fraction of sp³-hybridized carbons (Fsp3) is 0.0952. The summed E-state index contributed by atoms with van der Waals surface area (Å²) >= 11 is 0. The molecule has 0 unspecified atom stereocenters. The van der Waals surface area contributed by atoms with Gasteiger partial charge in [0.25, 0.3) is 15.9 Å². The highest BCUT2D eigenvalue weighted by Crippen LogP contribution is 2.24. The normalized spacial score (nSPS) is 11.7. The Bertz CT molecular complexity index is 1360. The quantitative estimate of drug-likeness (QED) is 0.543. The molecule has 3 aromatic carbocycles. The van der Waals surface area contributed by atoms with Gasteiger partial charge in [-0.2, -0.15) is 0 Å². The van der Waals surface area contributed by atoms with Crippen LogP contribution in [0.3, 0.4) is 0 Å². The van der Waals surface area contributed by atoms with Gasteiger partial charge in [0.1, 0.15) is 5.82 Å². The fourth-order valence-electron chi connectivity index (χ4n) is 2.83. The Hall–Kier alpha value is -3.28. The summed E-state index contributed by atoms with van der Waals surface area (Å²) in [6.45, 7) is 0. The summed E-state index contributed by atoms with van der Waals surface area (Å²) in [4.78, 5) is 12.2. The van der Waals surface area contributed by atoms with E-state index in [4.69, 9.17) is 0 Å². The zero-order valence-electron chi connectivity index (χ0n) is 17.1. The number of para-hydroxylation sites is 1. The smallest absolute Gasteiger partial charge is 0.264 e. The van der Waals surface area contributed by atoms with E-state index >= 15 is 0 Å². The molecule has 0 fully saturated rings. The van der Waals surface area contributed by atoms with Gasteiger partial charge >= 0.3 is 0 Å². The molecule has 0 aliphatic carbocycles. The molecule has 0 atom stereocenters. The monoisotopic (exact) mass is 477 g/mol. The molecule has 1 amide bonds. The van der Waals surface area contributed by atoms with E-state index in [0.717, 1.165) is 22.5 Å². The molecular weight excluding hydrogens is 457 g/mol. The van der Waals surface area contributed by atoms with E-state index in [1.807, 2.05) is 0 Å². The maximum atomic E-state index is 14.2. The van der Waals surface area contributed by atoms with Gasteiger partial charge in [0.15, 0.2) is 0 Å². The molecule has 0 radical (unpaired) electrons. The number of nitrogens with zero attached hydrogens (tertiary/aromatic N) is 1. The molecule has 0 saturated heterocycles. The van der Waals surface area contributed by atoms with Crippen molar-refractivity contribution < 1.29 is 26.0 Å².